The normalized spacial score (nSPS) is 24.2. The summed E-state index contributed by atoms with van der Waals surface area (Å²) in [4.78, 5) is 0. The highest BCUT2D eigenvalue weighted by molar-refractivity contribution is 5.46. The van der Waals surface area contributed by atoms with Gasteiger partial charge in [-0.2, -0.15) is 13.2 Å². The molecule has 1 aliphatic carbocycles. The van der Waals surface area contributed by atoms with Crippen LogP contribution in [0.4, 0.5) is 18.9 Å². The molecule has 0 saturated heterocycles. The van der Waals surface area contributed by atoms with Crippen LogP contribution < -0.4 is 5.32 Å². The van der Waals surface area contributed by atoms with Crippen molar-refractivity contribution >= 4 is 5.69 Å². The van der Waals surface area contributed by atoms with E-state index in [2.05, 4.69) is 12.2 Å². The fraction of sp³-hybridized carbons (Fsp3) is 0.600. The second-order valence-electron chi connectivity index (χ2n) is 5.36. The van der Waals surface area contributed by atoms with Gasteiger partial charge in [0.1, 0.15) is 0 Å². The molecule has 0 aliphatic heterocycles. The van der Waals surface area contributed by atoms with Crippen LogP contribution in [-0.4, -0.2) is 6.04 Å². The molecule has 1 aromatic carbocycles. The quantitative estimate of drug-likeness (QED) is 0.807. The molecule has 2 unspecified atom stereocenters. The predicted molar refractivity (Wildman–Crippen MR) is 71.1 cm³/mol. The molecule has 0 aromatic heterocycles. The third kappa shape index (κ3) is 3.88. The molecule has 1 N–H and O–H groups in total. The minimum absolute atomic E-state index is 0.399. The number of alkyl halides is 3. The topological polar surface area (TPSA) is 12.0 Å². The van der Waals surface area contributed by atoms with Gasteiger partial charge in [0, 0.05) is 11.7 Å². The van der Waals surface area contributed by atoms with Crippen LogP contribution in [0.25, 0.3) is 0 Å². The smallest absolute Gasteiger partial charge is 0.382 e. The Labute approximate surface area is 112 Å². The second-order valence-corrected chi connectivity index (χ2v) is 5.36. The highest BCUT2D eigenvalue weighted by Crippen LogP contribution is 2.31. The van der Waals surface area contributed by atoms with Gasteiger partial charge < -0.3 is 5.32 Å². The van der Waals surface area contributed by atoms with Crippen LogP contribution in [0.15, 0.2) is 24.3 Å². The van der Waals surface area contributed by atoms with Gasteiger partial charge in [0.15, 0.2) is 0 Å². The predicted octanol–water partition coefficient (Wildman–Crippen LogP) is 5.09. The lowest BCUT2D eigenvalue weighted by Crippen LogP contribution is -2.27. The first-order chi connectivity index (χ1) is 8.99. The molecule has 1 saturated carbocycles. The van der Waals surface area contributed by atoms with Crippen molar-refractivity contribution in [3.63, 3.8) is 0 Å². The van der Waals surface area contributed by atoms with Gasteiger partial charge in [-0.1, -0.05) is 26.2 Å². The summed E-state index contributed by atoms with van der Waals surface area (Å²) in [5, 5.41) is 3.36. The third-order valence-electron chi connectivity index (χ3n) is 3.94. The number of halogens is 3. The average molecular weight is 271 g/mol. The van der Waals surface area contributed by atoms with Crippen molar-refractivity contribution < 1.29 is 13.2 Å². The molecule has 1 aromatic rings. The summed E-state index contributed by atoms with van der Waals surface area (Å²) in [5.74, 6) is 0.751. The van der Waals surface area contributed by atoms with Crippen LogP contribution >= 0.6 is 0 Å². The van der Waals surface area contributed by atoms with Crippen LogP contribution in [-0.2, 0) is 6.18 Å². The monoisotopic (exact) mass is 271 g/mol. The lowest BCUT2D eigenvalue weighted by molar-refractivity contribution is -0.137. The first-order valence-corrected chi connectivity index (χ1v) is 6.93. The Kier molecular flexibility index (Phi) is 4.38. The lowest BCUT2D eigenvalue weighted by Gasteiger charge is -2.29. The van der Waals surface area contributed by atoms with Crippen molar-refractivity contribution in [1.29, 1.82) is 0 Å². The van der Waals surface area contributed by atoms with Gasteiger partial charge in [-0.05, 0) is 43.0 Å². The number of benzene rings is 1. The molecule has 0 bridgehead atoms. The van der Waals surface area contributed by atoms with Gasteiger partial charge in [0.25, 0.3) is 0 Å². The van der Waals surface area contributed by atoms with Gasteiger partial charge in [0.05, 0.1) is 5.56 Å². The minimum atomic E-state index is -4.25. The first-order valence-electron chi connectivity index (χ1n) is 6.93. The summed E-state index contributed by atoms with van der Waals surface area (Å²) in [6.07, 6.45) is 1.65. The van der Waals surface area contributed by atoms with E-state index in [-0.39, 0.29) is 0 Å². The maximum atomic E-state index is 12.5. The van der Waals surface area contributed by atoms with Crippen LogP contribution in [0.1, 0.15) is 44.6 Å². The highest BCUT2D eigenvalue weighted by atomic mass is 19.4. The second kappa shape index (κ2) is 5.85. The minimum Gasteiger partial charge on any atom is -0.382 e. The van der Waals surface area contributed by atoms with Crippen LogP contribution in [0.2, 0.25) is 0 Å². The zero-order valence-corrected chi connectivity index (χ0v) is 11.1. The highest BCUT2D eigenvalue weighted by Gasteiger charge is 2.30. The fourth-order valence-electron chi connectivity index (χ4n) is 2.78. The summed E-state index contributed by atoms with van der Waals surface area (Å²) < 4.78 is 37.4. The van der Waals surface area contributed by atoms with Gasteiger partial charge in [-0.15, -0.1) is 0 Å². The molecular formula is C15H20F3N. The van der Waals surface area contributed by atoms with Crippen molar-refractivity contribution in [2.24, 2.45) is 5.92 Å². The summed E-state index contributed by atoms with van der Waals surface area (Å²) in [7, 11) is 0. The van der Waals surface area contributed by atoms with E-state index in [0.29, 0.717) is 6.04 Å². The number of nitrogens with one attached hydrogen (secondary N) is 1. The number of hydrogen-bond acceptors (Lipinski definition) is 1. The SMILES string of the molecule is CCC1CCCC(Nc2ccc(C(F)(F)F)cc2)C1. The van der Waals surface area contributed by atoms with Crippen molar-refractivity contribution in [2.45, 2.75) is 51.2 Å². The van der Waals surface area contributed by atoms with E-state index in [1.54, 1.807) is 0 Å². The van der Waals surface area contributed by atoms with Crippen molar-refractivity contribution in [2.75, 3.05) is 5.32 Å². The van der Waals surface area contributed by atoms with E-state index in [4.69, 9.17) is 0 Å². The van der Waals surface area contributed by atoms with E-state index < -0.39 is 11.7 Å². The average Bonchev–Trinajstić information content (AvgIpc) is 2.38. The standard InChI is InChI=1S/C15H20F3N/c1-2-11-4-3-5-14(10-11)19-13-8-6-12(7-9-13)15(16,17)18/h6-9,11,14,19H,2-5,10H2,1H3. The van der Waals surface area contributed by atoms with E-state index in [1.807, 2.05) is 0 Å². The Balaban J connectivity index is 1.96. The largest absolute Gasteiger partial charge is 0.416 e. The van der Waals surface area contributed by atoms with Crippen molar-refractivity contribution in [3.8, 4) is 0 Å². The van der Waals surface area contributed by atoms with Crippen molar-refractivity contribution in [1.82, 2.24) is 0 Å². The molecule has 1 nitrogen and oxygen atoms in total. The Bertz CT molecular complexity index is 397. The van der Waals surface area contributed by atoms with E-state index in [1.165, 1.54) is 31.4 Å². The molecule has 0 amide bonds. The zero-order chi connectivity index (χ0) is 13.9. The molecule has 4 heteroatoms. The Morgan fingerprint density at radius 1 is 1.16 bits per heavy atom. The van der Waals surface area contributed by atoms with Gasteiger partial charge in [0.2, 0.25) is 0 Å². The first kappa shape index (κ1) is 14.2. The van der Waals surface area contributed by atoms with Crippen LogP contribution in [0, 0.1) is 5.92 Å². The zero-order valence-electron chi connectivity index (χ0n) is 11.1. The number of rotatable bonds is 3. The number of hydrogen-bond donors (Lipinski definition) is 1. The summed E-state index contributed by atoms with van der Waals surface area (Å²) >= 11 is 0. The van der Waals surface area contributed by atoms with Gasteiger partial charge in [-0.25, -0.2) is 0 Å². The molecule has 2 rings (SSSR count). The molecular weight excluding hydrogens is 251 g/mol. The number of anilines is 1. The molecule has 0 heterocycles. The molecule has 1 fully saturated rings. The molecule has 106 valence electrons. The summed E-state index contributed by atoms with van der Waals surface area (Å²) in [5.41, 5.74) is 0.197. The molecule has 2 atom stereocenters. The van der Waals surface area contributed by atoms with E-state index >= 15 is 0 Å². The molecule has 0 radical (unpaired) electrons. The maximum Gasteiger partial charge on any atom is 0.416 e. The molecule has 0 spiro atoms. The van der Waals surface area contributed by atoms with E-state index in [0.717, 1.165) is 36.6 Å². The summed E-state index contributed by atoms with van der Waals surface area (Å²) in [6, 6.07) is 5.73. The third-order valence-corrected chi connectivity index (χ3v) is 3.94. The van der Waals surface area contributed by atoms with E-state index in [9.17, 15) is 13.2 Å². The fourth-order valence-corrected chi connectivity index (χ4v) is 2.78. The maximum absolute atomic E-state index is 12.5. The summed E-state index contributed by atoms with van der Waals surface area (Å²) in [6.45, 7) is 2.20. The van der Waals surface area contributed by atoms with Gasteiger partial charge in [-0.3, -0.25) is 0 Å². The Hall–Kier alpha value is -1.19. The molecule has 19 heavy (non-hydrogen) atoms. The van der Waals surface area contributed by atoms with Gasteiger partial charge >= 0.3 is 6.18 Å². The Morgan fingerprint density at radius 3 is 2.42 bits per heavy atom. The van der Waals surface area contributed by atoms with Crippen molar-refractivity contribution in [3.05, 3.63) is 29.8 Å². The van der Waals surface area contributed by atoms with Crippen LogP contribution in [0.3, 0.4) is 0 Å². The lowest BCUT2D eigenvalue weighted by atomic mass is 9.84. The molecule has 1 aliphatic rings. The Morgan fingerprint density at radius 2 is 1.84 bits per heavy atom. The van der Waals surface area contributed by atoms with Crippen LogP contribution in [0.5, 0.6) is 0 Å².